The van der Waals surface area contributed by atoms with Crippen LogP contribution in [0.2, 0.25) is 0 Å². The van der Waals surface area contributed by atoms with Crippen LogP contribution in [0.5, 0.6) is 0 Å². The van der Waals surface area contributed by atoms with Crippen LogP contribution < -0.4 is 4.80 Å². The van der Waals surface area contributed by atoms with E-state index in [1.807, 2.05) is 31.2 Å². The number of carbonyl (C=O) groups is 2. The quantitative estimate of drug-likeness (QED) is 0.498. The van der Waals surface area contributed by atoms with E-state index in [9.17, 15) is 18.0 Å². The third-order valence-electron chi connectivity index (χ3n) is 5.50. The van der Waals surface area contributed by atoms with Crippen LogP contribution in [0.15, 0.2) is 58.4 Å². The minimum Gasteiger partial charge on any atom is -0.465 e. The second kappa shape index (κ2) is 9.58. The number of ether oxygens (including phenoxy) is 1. The number of fused-ring (bicyclic) bond motifs is 1. The normalized spacial score (nSPS) is 17.5. The molecule has 174 valence electrons. The van der Waals surface area contributed by atoms with Gasteiger partial charge in [-0.1, -0.05) is 41.2 Å². The van der Waals surface area contributed by atoms with E-state index in [4.69, 9.17) is 4.74 Å². The summed E-state index contributed by atoms with van der Waals surface area (Å²) in [6, 6.07) is 13.1. The molecule has 10 heteroatoms. The van der Waals surface area contributed by atoms with Crippen molar-refractivity contribution in [1.29, 1.82) is 0 Å². The van der Waals surface area contributed by atoms with Gasteiger partial charge in [0.15, 0.2) is 4.80 Å². The molecule has 0 aliphatic carbocycles. The fraction of sp³-hybridized carbons (Fsp3) is 0.348. The van der Waals surface area contributed by atoms with Crippen molar-refractivity contribution in [2.24, 2.45) is 4.99 Å². The summed E-state index contributed by atoms with van der Waals surface area (Å²) in [5.41, 5.74) is 1.71. The summed E-state index contributed by atoms with van der Waals surface area (Å²) in [6.07, 6.45) is 0.975. The highest BCUT2D eigenvalue weighted by atomic mass is 32.2. The number of rotatable bonds is 6. The fourth-order valence-corrected chi connectivity index (χ4v) is 6.57. The van der Waals surface area contributed by atoms with Crippen LogP contribution in [0.1, 0.15) is 25.3 Å². The minimum absolute atomic E-state index is 0.0833. The zero-order valence-electron chi connectivity index (χ0n) is 18.4. The standard InChI is InChI=1S/C23H25N3O5S2/c1-3-31-21(27)15-25-18-7-4-5-9-20(18)32-23(25)24-22(28)19-8-6-14-26(19)33(29,30)17-12-10-16(2)11-13-17/h4-5,7,9-13,19H,3,6,8,14-15H2,1-2H3. The number of carbonyl (C=O) groups excluding carboxylic acids is 2. The Morgan fingerprint density at radius 1 is 1.15 bits per heavy atom. The zero-order valence-corrected chi connectivity index (χ0v) is 20.1. The molecule has 1 aromatic heterocycles. The molecule has 4 rings (SSSR count). The molecular weight excluding hydrogens is 462 g/mol. The summed E-state index contributed by atoms with van der Waals surface area (Å²) >= 11 is 1.28. The van der Waals surface area contributed by atoms with Gasteiger partial charge in [0.2, 0.25) is 10.0 Å². The monoisotopic (exact) mass is 487 g/mol. The lowest BCUT2D eigenvalue weighted by molar-refractivity contribution is -0.143. The number of hydrogen-bond donors (Lipinski definition) is 0. The minimum atomic E-state index is -3.83. The Labute approximate surface area is 196 Å². The molecule has 0 N–H and O–H groups in total. The third kappa shape index (κ3) is 4.78. The lowest BCUT2D eigenvalue weighted by atomic mass is 10.2. The first-order valence-corrected chi connectivity index (χ1v) is 13.0. The molecule has 0 saturated carbocycles. The van der Waals surface area contributed by atoms with E-state index in [-0.39, 0.29) is 24.6 Å². The Morgan fingerprint density at radius 3 is 2.61 bits per heavy atom. The number of sulfonamides is 1. The number of thiazole rings is 1. The zero-order chi connectivity index (χ0) is 23.6. The van der Waals surface area contributed by atoms with Gasteiger partial charge in [-0.3, -0.25) is 9.59 Å². The third-order valence-corrected chi connectivity index (χ3v) is 8.48. The van der Waals surface area contributed by atoms with Crippen molar-refractivity contribution in [2.45, 2.75) is 44.2 Å². The molecule has 1 fully saturated rings. The first kappa shape index (κ1) is 23.3. The summed E-state index contributed by atoms with van der Waals surface area (Å²) < 4.78 is 35.2. The number of nitrogens with zero attached hydrogens (tertiary/aromatic N) is 3. The van der Waals surface area contributed by atoms with Gasteiger partial charge in [-0.2, -0.15) is 9.30 Å². The molecule has 2 heterocycles. The van der Waals surface area contributed by atoms with Crippen LogP contribution in [0.25, 0.3) is 10.2 Å². The molecule has 0 radical (unpaired) electrons. The topological polar surface area (TPSA) is 98.0 Å². The highest BCUT2D eigenvalue weighted by molar-refractivity contribution is 7.89. The summed E-state index contributed by atoms with van der Waals surface area (Å²) in [7, 11) is -3.83. The average molecular weight is 488 g/mol. The largest absolute Gasteiger partial charge is 0.465 e. The van der Waals surface area contributed by atoms with E-state index in [1.54, 1.807) is 35.8 Å². The van der Waals surface area contributed by atoms with Crippen LogP contribution in [0.4, 0.5) is 0 Å². The second-order valence-corrected chi connectivity index (χ2v) is 10.7. The first-order valence-electron chi connectivity index (χ1n) is 10.7. The van der Waals surface area contributed by atoms with Crippen molar-refractivity contribution >= 4 is 43.5 Å². The summed E-state index contributed by atoms with van der Waals surface area (Å²) in [5, 5.41) is 0. The van der Waals surface area contributed by atoms with Crippen molar-refractivity contribution in [1.82, 2.24) is 8.87 Å². The molecule has 8 nitrogen and oxygen atoms in total. The van der Waals surface area contributed by atoms with Gasteiger partial charge >= 0.3 is 5.97 Å². The molecule has 1 aliphatic heterocycles. The first-order chi connectivity index (χ1) is 15.8. The Bertz CT molecular complexity index is 1360. The van der Waals surface area contributed by atoms with Gasteiger partial charge in [-0.25, -0.2) is 8.42 Å². The molecule has 3 aromatic rings. The second-order valence-electron chi connectivity index (χ2n) is 7.78. The van der Waals surface area contributed by atoms with E-state index in [0.29, 0.717) is 17.6 Å². The van der Waals surface area contributed by atoms with Crippen molar-refractivity contribution in [3.63, 3.8) is 0 Å². The highest BCUT2D eigenvalue weighted by Crippen LogP contribution is 2.27. The predicted octanol–water partition coefficient (Wildman–Crippen LogP) is 2.85. The number of amides is 1. The molecule has 2 aromatic carbocycles. The Hall–Kier alpha value is -2.82. The fourth-order valence-electron chi connectivity index (χ4n) is 3.88. The van der Waals surface area contributed by atoms with Crippen LogP contribution in [0.3, 0.4) is 0 Å². The SMILES string of the molecule is CCOC(=O)Cn1c(=NC(=O)C2CCCN2S(=O)(=O)c2ccc(C)cc2)sc2ccccc21. The Balaban J connectivity index is 1.70. The van der Waals surface area contributed by atoms with Gasteiger partial charge in [0.1, 0.15) is 12.6 Å². The van der Waals surface area contributed by atoms with Gasteiger partial charge in [0, 0.05) is 6.54 Å². The smallest absolute Gasteiger partial charge is 0.326 e. The van der Waals surface area contributed by atoms with E-state index in [1.165, 1.54) is 15.6 Å². The molecule has 1 saturated heterocycles. The summed E-state index contributed by atoms with van der Waals surface area (Å²) in [4.78, 5) is 30.2. The maximum Gasteiger partial charge on any atom is 0.326 e. The number of para-hydroxylation sites is 1. The molecule has 33 heavy (non-hydrogen) atoms. The van der Waals surface area contributed by atoms with Crippen molar-refractivity contribution in [2.75, 3.05) is 13.2 Å². The lowest BCUT2D eigenvalue weighted by Gasteiger charge is -2.21. The molecule has 0 bridgehead atoms. The number of hydrogen-bond acceptors (Lipinski definition) is 6. The van der Waals surface area contributed by atoms with Crippen LogP contribution in [-0.2, 0) is 30.9 Å². The van der Waals surface area contributed by atoms with E-state index in [0.717, 1.165) is 15.8 Å². The lowest BCUT2D eigenvalue weighted by Crippen LogP contribution is -2.40. The number of aromatic nitrogens is 1. The number of aryl methyl sites for hydroxylation is 1. The van der Waals surface area contributed by atoms with Gasteiger partial charge in [0.25, 0.3) is 5.91 Å². The van der Waals surface area contributed by atoms with E-state index >= 15 is 0 Å². The molecule has 1 unspecified atom stereocenters. The Kier molecular flexibility index (Phi) is 6.78. The molecule has 1 amide bonds. The molecular formula is C23H25N3O5S2. The molecule has 0 spiro atoms. The maximum absolute atomic E-state index is 13.2. The average Bonchev–Trinajstić information content (AvgIpc) is 3.41. The van der Waals surface area contributed by atoms with Crippen molar-refractivity contribution < 1.29 is 22.7 Å². The number of esters is 1. The summed E-state index contributed by atoms with van der Waals surface area (Å²) in [6.45, 7) is 4.04. The maximum atomic E-state index is 13.2. The van der Waals surface area contributed by atoms with Crippen LogP contribution >= 0.6 is 11.3 Å². The summed E-state index contributed by atoms with van der Waals surface area (Å²) in [5.74, 6) is -0.966. The van der Waals surface area contributed by atoms with Crippen LogP contribution in [-0.4, -0.2) is 48.4 Å². The van der Waals surface area contributed by atoms with Gasteiger partial charge in [-0.05, 0) is 51.0 Å². The van der Waals surface area contributed by atoms with Crippen molar-refractivity contribution in [3.8, 4) is 0 Å². The van der Waals surface area contributed by atoms with Crippen molar-refractivity contribution in [3.05, 3.63) is 58.9 Å². The van der Waals surface area contributed by atoms with Gasteiger partial charge in [-0.15, -0.1) is 0 Å². The van der Waals surface area contributed by atoms with E-state index in [2.05, 4.69) is 4.99 Å². The molecule has 1 aliphatic rings. The number of benzene rings is 2. The molecule has 1 atom stereocenters. The highest BCUT2D eigenvalue weighted by Gasteiger charge is 2.39. The predicted molar refractivity (Wildman–Crippen MR) is 125 cm³/mol. The van der Waals surface area contributed by atoms with Crippen LogP contribution in [0, 0.1) is 6.92 Å². The van der Waals surface area contributed by atoms with Gasteiger partial charge < -0.3 is 9.30 Å². The van der Waals surface area contributed by atoms with Gasteiger partial charge in [0.05, 0.1) is 21.7 Å². The Morgan fingerprint density at radius 2 is 1.88 bits per heavy atom. The van der Waals surface area contributed by atoms with E-state index < -0.39 is 27.9 Å².